The largest absolute Gasteiger partial charge is 0.475 e. The molecule has 0 N–H and O–H groups in total. The number of alkyl halides is 5. The van der Waals surface area contributed by atoms with E-state index in [1.807, 2.05) is 0 Å². The average molecular weight is 529 g/mol. The molecule has 12 heteroatoms. The molecule has 4 rings (SSSR count). The standard InChI is InChI=1S/C24H22ClF5N4O2/c1-14-9-23(26,27)13-34(19(14)12-36-20-8-5-16(10-31-20)24(28,29)30)22(35)21-18(11-33(2)32-21)15-3-6-17(25)7-4-15/h3-8,10-11,14,19H,9,12-13H2,1-2H3/t14-,19?/m1/s1. The van der Waals surface area contributed by atoms with E-state index in [4.69, 9.17) is 16.3 Å². The highest BCUT2D eigenvalue weighted by atomic mass is 35.5. The van der Waals surface area contributed by atoms with Crippen LogP contribution in [0.2, 0.25) is 5.02 Å². The Hall–Kier alpha value is -3.21. The third-order valence-electron chi connectivity index (χ3n) is 5.99. The van der Waals surface area contributed by atoms with Gasteiger partial charge in [0.15, 0.2) is 5.69 Å². The zero-order chi connectivity index (χ0) is 26.3. The minimum Gasteiger partial charge on any atom is -0.475 e. The molecule has 2 atom stereocenters. The highest BCUT2D eigenvalue weighted by molar-refractivity contribution is 6.30. The van der Waals surface area contributed by atoms with Crippen molar-refractivity contribution in [2.24, 2.45) is 13.0 Å². The molecule has 1 aromatic carbocycles. The number of hydrogen-bond donors (Lipinski definition) is 0. The molecule has 0 spiro atoms. The Balaban J connectivity index is 1.60. The fourth-order valence-electron chi connectivity index (χ4n) is 4.25. The van der Waals surface area contributed by atoms with Gasteiger partial charge in [-0.3, -0.25) is 9.48 Å². The highest BCUT2D eigenvalue weighted by Gasteiger charge is 2.47. The molecule has 1 amide bonds. The van der Waals surface area contributed by atoms with Crippen LogP contribution in [0.3, 0.4) is 0 Å². The molecule has 6 nitrogen and oxygen atoms in total. The number of benzene rings is 1. The molecule has 36 heavy (non-hydrogen) atoms. The predicted molar refractivity (Wildman–Crippen MR) is 122 cm³/mol. The molecule has 2 aromatic heterocycles. The average Bonchev–Trinajstić information content (AvgIpc) is 3.19. The van der Waals surface area contributed by atoms with Crippen LogP contribution in [-0.4, -0.2) is 50.7 Å². The molecule has 1 aliphatic heterocycles. The van der Waals surface area contributed by atoms with Gasteiger partial charge in [0.2, 0.25) is 5.88 Å². The molecule has 192 valence electrons. The molecular formula is C24H22ClF5N4O2. The number of piperidine rings is 1. The van der Waals surface area contributed by atoms with Gasteiger partial charge in [-0.1, -0.05) is 30.7 Å². The molecule has 0 radical (unpaired) electrons. The lowest BCUT2D eigenvalue weighted by Gasteiger charge is -2.42. The summed E-state index contributed by atoms with van der Waals surface area (Å²) in [5, 5.41) is 4.73. The van der Waals surface area contributed by atoms with Crippen molar-refractivity contribution in [3.05, 3.63) is 65.1 Å². The zero-order valence-corrected chi connectivity index (χ0v) is 20.0. The van der Waals surface area contributed by atoms with E-state index in [9.17, 15) is 26.7 Å². The van der Waals surface area contributed by atoms with Gasteiger partial charge in [-0.2, -0.15) is 18.3 Å². The smallest absolute Gasteiger partial charge is 0.417 e. The summed E-state index contributed by atoms with van der Waals surface area (Å²) in [6, 6.07) is 7.75. The quantitative estimate of drug-likeness (QED) is 0.398. The van der Waals surface area contributed by atoms with Crippen molar-refractivity contribution in [2.45, 2.75) is 31.5 Å². The van der Waals surface area contributed by atoms with E-state index < -0.39 is 48.5 Å². The monoisotopic (exact) mass is 528 g/mol. The maximum atomic E-state index is 14.6. The molecule has 1 unspecified atom stereocenters. The van der Waals surface area contributed by atoms with Gasteiger partial charge in [0, 0.05) is 42.5 Å². The summed E-state index contributed by atoms with van der Waals surface area (Å²) in [6.45, 7) is 0.492. The van der Waals surface area contributed by atoms with Crippen LogP contribution in [0.4, 0.5) is 22.0 Å². The summed E-state index contributed by atoms with van der Waals surface area (Å²) in [7, 11) is 1.61. The summed E-state index contributed by atoms with van der Waals surface area (Å²) in [6.07, 6.45) is -2.79. The van der Waals surface area contributed by atoms with Gasteiger partial charge >= 0.3 is 6.18 Å². The van der Waals surface area contributed by atoms with Crippen LogP contribution in [0.15, 0.2) is 48.8 Å². The molecule has 0 saturated carbocycles. The van der Waals surface area contributed by atoms with E-state index in [1.165, 1.54) is 4.68 Å². The van der Waals surface area contributed by atoms with E-state index in [-0.39, 0.29) is 18.2 Å². The Bertz CT molecular complexity index is 1230. The molecule has 1 fully saturated rings. The first-order chi connectivity index (χ1) is 16.8. The summed E-state index contributed by atoms with van der Waals surface area (Å²) >= 11 is 5.96. The molecular weight excluding hydrogens is 507 g/mol. The van der Waals surface area contributed by atoms with Crippen molar-refractivity contribution in [3.63, 3.8) is 0 Å². The summed E-state index contributed by atoms with van der Waals surface area (Å²) in [4.78, 5) is 18.3. The maximum absolute atomic E-state index is 14.6. The predicted octanol–water partition coefficient (Wildman–Crippen LogP) is 5.72. The Kier molecular flexibility index (Phi) is 6.96. The van der Waals surface area contributed by atoms with Crippen LogP contribution in [0.5, 0.6) is 5.88 Å². The Morgan fingerprint density at radius 1 is 1.19 bits per heavy atom. The molecule has 3 heterocycles. The van der Waals surface area contributed by atoms with Crippen LogP contribution in [0.25, 0.3) is 11.1 Å². The maximum Gasteiger partial charge on any atom is 0.417 e. The SMILES string of the molecule is C[C@@H]1CC(F)(F)CN(C(=O)c2nn(C)cc2-c2ccc(Cl)cc2)C1COc1ccc(C(F)(F)F)cn1. The number of likely N-dealkylation sites (tertiary alicyclic amines) is 1. The van der Waals surface area contributed by atoms with Crippen molar-refractivity contribution in [2.75, 3.05) is 13.2 Å². The first kappa shape index (κ1) is 25.9. The van der Waals surface area contributed by atoms with Crippen molar-refractivity contribution >= 4 is 17.5 Å². The number of rotatable bonds is 5. The molecule has 3 aromatic rings. The second kappa shape index (κ2) is 9.68. The number of aromatic nitrogens is 3. The van der Waals surface area contributed by atoms with Gasteiger partial charge in [-0.25, -0.2) is 13.8 Å². The van der Waals surface area contributed by atoms with Crippen LogP contribution >= 0.6 is 11.6 Å². The minimum absolute atomic E-state index is 0.0117. The van der Waals surface area contributed by atoms with Crippen LogP contribution in [-0.2, 0) is 13.2 Å². The Labute approximate surface area is 208 Å². The number of nitrogens with zero attached hydrogens (tertiary/aromatic N) is 4. The Morgan fingerprint density at radius 3 is 2.50 bits per heavy atom. The first-order valence-corrected chi connectivity index (χ1v) is 11.4. The number of ether oxygens (including phenoxy) is 1. The second-order valence-corrected chi connectivity index (χ2v) is 9.24. The number of carbonyl (C=O) groups excluding carboxylic acids is 1. The third kappa shape index (κ3) is 5.61. The summed E-state index contributed by atoms with van der Waals surface area (Å²) in [5.41, 5.74) is 0.129. The normalized spacial score (nSPS) is 19.8. The Morgan fingerprint density at radius 2 is 1.89 bits per heavy atom. The molecule has 0 bridgehead atoms. The van der Waals surface area contributed by atoms with E-state index >= 15 is 0 Å². The van der Waals surface area contributed by atoms with Crippen molar-refractivity contribution in [3.8, 4) is 17.0 Å². The van der Waals surface area contributed by atoms with Gasteiger partial charge in [-0.15, -0.1) is 0 Å². The van der Waals surface area contributed by atoms with E-state index in [2.05, 4.69) is 10.1 Å². The molecule has 1 saturated heterocycles. The fraction of sp³-hybridized carbons (Fsp3) is 0.375. The van der Waals surface area contributed by atoms with Crippen LogP contribution in [0, 0.1) is 5.92 Å². The van der Waals surface area contributed by atoms with E-state index in [0.717, 1.165) is 17.0 Å². The first-order valence-electron chi connectivity index (χ1n) is 11.0. The number of aryl methyl sites for hydroxylation is 1. The van der Waals surface area contributed by atoms with Crippen LogP contribution < -0.4 is 4.74 Å². The molecule has 0 aliphatic carbocycles. The van der Waals surface area contributed by atoms with E-state index in [0.29, 0.717) is 22.3 Å². The number of carbonyl (C=O) groups is 1. The zero-order valence-electron chi connectivity index (χ0n) is 19.3. The fourth-order valence-corrected chi connectivity index (χ4v) is 4.38. The van der Waals surface area contributed by atoms with Crippen molar-refractivity contribution in [1.82, 2.24) is 19.7 Å². The van der Waals surface area contributed by atoms with Gasteiger partial charge in [0.1, 0.15) is 6.61 Å². The van der Waals surface area contributed by atoms with Gasteiger partial charge in [-0.05, 0) is 29.7 Å². The van der Waals surface area contributed by atoms with Gasteiger partial charge < -0.3 is 9.64 Å². The number of amides is 1. The summed E-state index contributed by atoms with van der Waals surface area (Å²) < 4.78 is 74.4. The summed E-state index contributed by atoms with van der Waals surface area (Å²) in [5.74, 6) is -4.62. The number of hydrogen-bond acceptors (Lipinski definition) is 4. The topological polar surface area (TPSA) is 60.2 Å². The highest BCUT2D eigenvalue weighted by Crippen LogP contribution is 2.36. The van der Waals surface area contributed by atoms with Crippen LogP contribution in [0.1, 0.15) is 29.4 Å². The van der Waals surface area contributed by atoms with Gasteiger partial charge in [0.05, 0.1) is 18.2 Å². The lowest BCUT2D eigenvalue weighted by atomic mass is 9.88. The van der Waals surface area contributed by atoms with Crippen molar-refractivity contribution in [1.29, 1.82) is 0 Å². The number of pyridine rings is 1. The minimum atomic E-state index is -4.55. The molecule has 1 aliphatic rings. The second-order valence-electron chi connectivity index (χ2n) is 8.80. The van der Waals surface area contributed by atoms with Gasteiger partial charge in [0.25, 0.3) is 11.8 Å². The van der Waals surface area contributed by atoms with Crippen molar-refractivity contribution < 1.29 is 31.5 Å². The number of halogens is 6. The lowest BCUT2D eigenvalue weighted by Crippen LogP contribution is -2.57. The lowest BCUT2D eigenvalue weighted by molar-refractivity contribution is -0.137. The third-order valence-corrected chi connectivity index (χ3v) is 6.24. The van der Waals surface area contributed by atoms with E-state index in [1.54, 1.807) is 44.4 Å².